The molecule has 2 heterocycles. The average molecular weight is 329 g/mol. The highest BCUT2D eigenvalue weighted by Gasteiger charge is 2.18. The van der Waals surface area contributed by atoms with Gasteiger partial charge in [0, 0.05) is 14.6 Å². The Hall–Kier alpha value is -3.13. The van der Waals surface area contributed by atoms with Crippen molar-refractivity contribution >= 4 is 34.0 Å². The van der Waals surface area contributed by atoms with Crippen molar-refractivity contribution in [3.05, 3.63) is 64.8 Å². The summed E-state index contributed by atoms with van der Waals surface area (Å²) >= 11 is 0.980. The van der Waals surface area contributed by atoms with Gasteiger partial charge < -0.3 is 5.73 Å². The fourth-order valence-corrected chi connectivity index (χ4v) is 2.54. The largest absolute Gasteiger partial charge is 0.383 e. The van der Waals surface area contributed by atoms with Crippen molar-refractivity contribution in [3.63, 3.8) is 0 Å². The molecule has 8 heteroatoms. The lowest BCUT2D eigenvalue weighted by Gasteiger charge is -2.00. The van der Waals surface area contributed by atoms with Crippen LogP contribution in [0, 0.1) is 0 Å². The Morgan fingerprint density at radius 2 is 1.87 bits per heavy atom. The van der Waals surface area contributed by atoms with Gasteiger partial charge in [-0.2, -0.15) is 0 Å². The molecule has 3 aromatic rings. The van der Waals surface area contributed by atoms with Crippen molar-refractivity contribution in [1.82, 2.24) is 15.2 Å². The van der Waals surface area contributed by atoms with Crippen LogP contribution in [0.2, 0.25) is 0 Å². The van der Waals surface area contributed by atoms with Gasteiger partial charge in [-0.1, -0.05) is 29.5 Å². The van der Waals surface area contributed by atoms with Gasteiger partial charge in [0.1, 0.15) is 5.82 Å². The van der Waals surface area contributed by atoms with Gasteiger partial charge in [0.05, 0.1) is 5.56 Å². The number of amides is 1. The standard InChI is InChI=1S/C15H11N5O2S.2H2/c16-12-10(7-4-8-17-12)11(21)14-19-20-15(23-14)18-13(22)9-5-2-1-3-6-9;;/h1-8H,(H2,16,17)(H,18,20,22);2*1H. The Morgan fingerprint density at radius 1 is 1.09 bits per heavy atom. The lowest BCUT2D eigenvalue weighted by atomic mass is 10.2. The van der Waals surface area contributed by atoms with E-state index in [0.29, 0.717) is 5.56 Å². The maximum Gasteiger partial charge on any atom is 0.257 e. The number of benzene rings is 1. The molecule has 1 aromatic carbocycles. The number of rotatable bonds is 4. The summed E-state index contributed by atoms with van der Waals surface area (Å²) in [5, 5.41) is 10.6. The number of hydrogen-bond donors (Lipinski definition) is 2. The van der Waals surface area contributed by atoms with Crippen LogP contribution < -0.4 is 11.1 Å². The lowest BCUT2D eigenvalue weighted by Crippen LogP contribution is -2.11. The first-order valence-electron chi connectivity index (χ1n) is 6.60. The molecular formula is C15H15N5O2S. The van der Waals surface area contributed by atoms with Gasteiger partial charge in [0.2, 0.25) is 10.9 Å². The number of aromatic nitrogens is 3. The maximum atomic E-state index is 12.3. The van der Waals surface area contributed by atoms with Crippen LogP contribution in [0.4, 0.5) is 10.9 Å². The van der Waals surface area contributed by atoms with E-state index in [-0.39, 0.29) is 36.1 Å². The minimum absolute atomic E-state index is 0. The van der Waals surface area contributed by atoms with E-state index in [2.05, 4.69) is 20.5 Å². The molecule has 0 aliphatic rings. The van der Waals surface area contributed by atoms with Crippen molar-refractivity contribution in [1.29, 1.82) is 0 Å². The van der Waals surface area contributed by atoms with Gasteiger partial charge in [0.25, 0.3) is 5.91 Å². The van der Waals surface area contributed by atoms with Crippen LogP contribution in [-0.4, -0.2) is 26.9 Å². The number of carbonyl (C=O) groups excluding carboxylic acids is 2. The molecule has 0 spiro atoms. The number of nitrogen functional groups attached to an aromatic ring is 1. The van der Waals surface area contributed by atoms with Crippen molar-refractivity contribution < 1.29 is 12.4 Å². The Morgan fingerprint density at radius 3 is 2.61 bits per heavy atom. The third kappa shape index (κ3) is 3.22. The fraction of sp³-hybridized carbons (Fsp3) is 0. The molecule has 7 nitrogen and oxygen atoms in total. The van der Waals surface area contributed by atoms with Gasteiger partial charge in [-0.05, 0) is 24.3 Å². The zero-order valence-electron chi connectivity index (χ0n) is 11.8. The molecule has 23 heavy (non-hydrogen) atoms. The molecule has 0 saturated carbocycles. The van der Waals surface area contributed by atoms with Crippen LogP contribution in [0.15, 0.2) is 48.7 Å². The Bertz CT molecular complexity index is 873. The smallest absolute Gasteiger partial charge is 0.257 e. The molecule has 3 N–H and O–H groups in total. The van der Waals surface area contributed by atoms with Gasteiger partial charge in [0.15, 0.2) is 5.01 Å². The summed E-state index contributed by atoms with van der Waals surface area (Å²) in [7, 11) is 0. The summed E-state index contributed by atoms with van der Waals surface area (Å²) in [6.45, 7) is 0. The van der Waals surface area contributed by atoms with E-state index in [1.54, 1.807) is 36.4 Å². The summed E-state index contributed by atoms with van der Waals surface area (Å²) < 4.78 is 0. The first-order chi connectivity index (χ1) is 11.1. The molecule has 0 unspecified atom stereocenters. The second-order valence-electron chi connectivity index (χ2n) is 4.50. The highest BCUT2D eigenvalue weighted by atomic mass is 32.1. The number of nitrogens with one attached hydrogen (secondary N) is 1. The Balaban J connectivity index is 0.00000156. The topological polar surface area (TPSA) is 111 Å². The Labute approximate surface area is 138 Å². The normalized spacial score (nSPS) is 10.3. The van der Waals surface area contributed by atoms with Crippen molar-refractivity contribution in [2.24, 2.45) is 0 Å². The van der Waals surface area contributed by atoms with Crippen LogP contribution >= 0.6 is 11.3 Å². The van der Waals surface area contributed by atoms with E-state index in [9.17, 15) is 9.59 Å². The quantitative estimate of drug-likeness (QED) is 0.711. The number of carbonyl (C=O) groups is 2. The number of nitrogens with zero attached hydrogens (tertiary/aromatic N) is 3. The van der Waals surface area contributed by atoms with E-state index in [1.165, 1.54) is 6.20 Å². The summed E-state index contributed by atoms with van der Waals surface area (Å²) in [4.78, 5) is 28.2. The monoisotopic (exact) mass is 329 g/mol. The predicted molar refractivity (Wildman–Crippen MR) is 90.6 cm³/mol. The van der Waals surface area contributed by atoms with Crippen LogP contribution in [-0.2, 0) is 0 Å². The first-order valence-corrected chi connectivity index (χ1v) is 7.42. The molecule has 118 valence electrons. The fourth-order valence-electron chi connectivity index (χ4n) is 1.85. The molecule has 3 rings (SSSR count). The first kappa shape index (κ1) is 14.8. The molecule has 1 amide bonds. The Kier molecular flexibility index (Phi) is 4.07. The van der Waals surface area contributed by atoms with Gasteiger partial charge in [-0.25, -0.2) is 4.98 Å². The highest BCUT2D eigenvalue weighted by molar-refractivity contribution is 7.17. The minimum Gasteiger partial charge on any atom is -0.383 e. The van der Waals surface area contributed by atoms with Gasteiger partial charge in [-0.15, -0.1) is 10.2 Å². The second kappa shape index (κ2) is 6.32. The van der Waals surface area contributed by atoms with E-state index >= 15 is 0 Å². The molecule has 0 aliphatic carbocycles. The molecule has 2 aromatic heterocycles. The summed E-state index contributed by atoms with van der Waals surface area (Å²) in [5.41, 5.74) is 6.42. The van der Waals surface area contributed by atoms with E-state index < -0.39 is 0 Å². The molecule has 0 saturated heterocycles. The number of nitrogens with two attached hydrogens (primary N) is 1. The second-order valence-corrected chi connectivity index (χ2v) is 5.48. The van der Waals surface area contributed by atoms with Crippen molar-refractivity contribution in [2.45, 2.75) is 0 Å². The molecule has 0 radical (unpaired) electrons. The number of hydrogen-bond acceptors (Lipinski definition) is 7. The predicted octanol–water partition coefficient (Wildman–Crippen LogP) is 2.49. The van der Waals surface area contributed by atoms with E-state index in [1.807, 2.05) is 6.07 Å². The SMILES string of the molecule is Nc1ncccc1C(=O)c1nnc(NC(=O)c2ccccc2)s1.[HH].[HH]. The number of ketones is 1. The zero-order valence-corrected chi connectivity index (χ0v) is 12.6. The maximum absolute atomic E-state index is 12.3. The minimum atomic E-state index is -0.381. The number of pyridine rings is 1. The molecule has 0 bridgehead atoms. The summed E-state index contributed by atoms with van der Waals surface area (Å²) in [5.74, 6) is -0.572. The third-order valence-corrected chi connectivity index (χ3v) is 3.80. The van der Waals surface area contributed by atoms with Gasteiger partial charge in [-0.3, -0.25) is 14.9 Å². The van der Waals surface area contributed by atoms with E-state index in [0.717, 1.165) is 11.3 Å². The van der Waals surface area contributed by atoms with Crippen molar-refractivity contribution in [2.75, 3.05) is 11.1 Å². The summed E-state index contributed by atoms with van der Waals surface area (Å²) in [6.07, 6.45) is 1.50. The van der Waals surface area contributed by atoms with Gasteiger partial charge >= 0.3 is 0 Å². The average Bonchev–Trinajstić information content (AvgIpc) is 3.04. The molecule has 0 atom stereocenters. The van der Waals surface area contributed by atoms with Crippen LogP contribution in [0.5, 0.6) is 0 Å². The van der Waals surface area contributed by atoms with Crippen molar-refractivity contribution in [3.8, 4) is 0 Å². The molecule has 0 fully saturated rings. The zero-order chi connectivity index (χ0) is 16.2. The van der Waals surface area contributed by atoms with Crippen LogP contribution in [0.1, 0.15) is 28.6 Å². The van der Waals surface area contributed by atoms with Crippen LogP contribution in [0.25, 0.3) is 0 Å². The highest BCUT2D eigenvalue weighted by Crippen LogP contribution is 2.21. The molecular weight excluding hydrogens is 314 g/mol. The summed E-state index contributed by atoms with van der Waals surface area (Å²) in [6, 6.07) is 11.9. The molecule has 0 aliphatic heterocycles. The van der Waals surface area contributed by atoms with E-state index in [4.69, 9.17) is 5.73 Å². The third-order valence-electron chi connectivity index (χ3n) is 2.96. The number of anilines is 2. The van der Waals surface area contributed by atoms with Crippen LogP contribution in [0.3, 0.4) is 0 Å². The lowest BCUT2D eigenvalue weighted by molar-refractivity contribution is 0.102.